The molecule has 0 unspecified atom stereocenters. The van der Waals surface area contributed by atoms with Crippen LogP contribution in [0.25, 0.3) is 33.8 Å². The van der Waals surface area contributed by atoms with Gasteiger partial charge >= 0.3 is 0 Å². The van der Waals surface area contributed by atoms with Crippen molar-refractivity contribution in [3.05, 3.63) is 77.5 Å². The lowest BCUT2D eigenvalue weighted by atomic mass is 10.0. The summed E-state index contributed by atoms with van der Waals surface area (Å²) in [6, 6.07) is 10.7. The summed E-state index contributed by atoms with van der Waals surface area (Å²) >= 11 is 0. The summed E-state index contributed by atoms with van der Waals surface area (Å²) in [5.41, 5.74) is 7.83. The highest BCUT2D eigenvalue weighted by Gasteiger charge is 2.16. The van der Waals surface area contributed by atoms with Crippen molar-refractivity contribution in [3.8, 4) is 17.1 Å². The van der Waals surface area contributed by atoms with Crippen LogP contribution in [0.4, 0.5) is 0 Å². The van der Waals surface area contributed by atoms with E-state index < -0.39 is 0 Å². The first-order valence-electron chi connectivity index (χ1n) is 9.38. The number of fused-ring (bicyclic) bond motifs is 2. The van der Waals surface area contributed by atoms with E-state index in [1.54, 1.807) is 6.20 Å². The van der Waals surface area contributed by atoms with Gasteiger partial charge in [-0.15, -0.1) is 0 Å². The third kappa shape index (κ3) is 2.51. The molecule has 138 valence electrons. The Kier molecular flexibility index (Phi) is 3.59. The second-order valence-corrected chi connectivity index (χ2v) is 7.42. The van der Waals surface area contributed by atoms with Crippen LogP contribution in [0.2, 0.25) is 0 Å². The van der Waals surface area contributed by atoms with Crippen molar-refractivity contribution in [2.45, 2.75) is 27.7 Å². The van der Waals surface area contributed by atoms with Gasteiger partial charge in [0.2, 0.25) is 5.78 Å². The Morgan fingerprint density at radius 3 is 2.43 bits per heavy atom. The molecule has 5 rings (SSSR count). The zero-order valence-corrected chi connectivity index (χ0v) is 16.4. The first kappa shape index (κ1) is 16.7. The van der Waals surface area contributed by atoms with Crippen molar-refractivity contribution < 1.29 is 0 Å². The fourth-order valence-corrected chi connectivity index (χ4v) is 3.95. The van der Waals surface area contributed by atoms with Gasteiger partial charge in [-0.2, -0.15) is 0 Å². The minimum absolute atomic E-state index is 0.705. The van der Waals surface area contributed by atoms with E-state index in [2.05, 4.69) is 73.0 Å². The third-order valence-corrected chi connectivity index (χ3v) is 5.27. The highest BCUT2D eigenvalue weighted by atomic mass is 15.1. The number of rotatable bonds is 2. The number of hydrogen-bond donors (Lipinski definition) is 0. The van der Waals surface area contributed by atoms with Gasteiger partial charge in [0.25, 0.3) is 0 Å². The van der Waals surface area contributed by atoms with E-state index in [0.717, 1.165) is 28.0 Å². The fourth-order valence-electron chi connectivity index (χ4n) is 3.95. The van der Waals surface area contributed by atoms with Crippen molar-refractivity contribution in [2.24, 2.45) is 0 Å². The summed E-state index contributed by atoms with van der Waals surface area (Å²) in [6.07, 6.45) is 7.87. The summed E-state index contributed by atoms with van der Waals surface area (Å²) in [5, 5.41) is 1.09. The molecule has 5 nitrogen and oxygen atoms in total. The Morgan fingerprint density at radius 1 is 0.857 bits per heavy atom. The molecule has 3 aromatic heterocycles. The Morgan fingerprint density at radius 2 is 1.64 bits per heavy atom. The number of para-hydroxylation sites is 1. The molecule has 0 bridgehead atoms. The molecule has 0 N–H and O–H groups in total. The Balaban J connectivity index is 1.79. The number of hydrogen-bond acceptors (Lipinski definition) is 3. The zero-order valence-electron chi connectivity index (χ0n) is 16.4. The van der Waals surface area contributed by atoms with E-state index in [1.165, 1.54) is 22.4 Å². The van der Waals surface area contributed by atoms with E-state index >= 15 is 0 Å². The van der Waals surface area contributed by atoms with Crippen LogP contribution in [0.15, 0.2) is 55.1 Å². The van der Waals surface area contributed by atoms with E-state index in [0.29, 0.717) is 5.78 Å². The smallest absolute Gasteiger partial charge is 0.234 e. The predicted molar refractivity (Wildman–Crippen MR) is 112 cm³/mol. The first-order chi connectivity index (χ1) is 13.5. The SMILES string of the molecule is Cc1cn(-c2c(C)cccc2C)c(-c2cc3nc4nccn4cc3cc2C)n1. The van der Waals surface area contributed by atoms with Crippen LogP contribution in [0.1, 0.15) is 22.4 Å². The van der Waals surface area contributed by atoms with Gasteiger partial charge in [0, 0.05) is 35.7 Å². The lowest BCUT2D eigenvalue weighted by molar-refractivity contribution is 1.03. The minimum atomic E-state index is 0.705. The van der Waals surface area contributed by atoms with Gasteiger partial charge in [0.1, 0.15) is 5.82 Å². The molecule has 0 amide bonds. The molecule has 0 saturated heterocycles. The van der Waals surface area contributed by atoms with Gasteiger partial charge in [-0.05, 0) is 56.5 Å². The monoisotopic (exact) mass is 367 g/mol. The normalized spacial score (nSPS) is 11.6. The molecule has 5 heteroatoms. The van der Waals surface area contributed by atoms with Crippen LogP contribution < -0.4 is 0 Å². The molecule has 0 aliphatic rings. The molecule has 5 aromatic rings. The van der Waals surface area contributed by atoms with Gasteiger partial charge in [0.15, 0.2) is 0 Å². The number of aryl methyl sites for hydroxylation is 4. The average molecular weight is 367 g/mol. The molecule has 0 fully saturated rings. The molecule has 0 saturated carbocycles. The maximum atomic E-state index is 4.87. The van der Waals surface area contributed by atoms with Crippen LogP contribution in [0.3, 0.4) is 0 Å². The third-order valence-electron chi connectivity index (χ3n) is 5.27. The van der Waals surface area contributed by atoms with Gasteiger partial charge in [-0.25, -0.2) is 15.0 Å². The molecule has 2 aromatic carbocycles. The number of nitrogens with zero attached hydrogens (tertiary/aromatic N) is 5. The molecule has 28 heavy (non-hydrogen) atoms. The van der Waals surface area contributed by atoms with Gasteiger partial charge in [-0.3, -0.25) is 8.97 Å². The van der Waals surface area contributed by atoms with Crippen LogP contribution in [0, 0.1) is 27.7 Å². The first-order valence-corrected chi connectivity index (χ1v) is 9.38. The van der Waals surface area contributed by atoms with Gasteiger partial charge in [0.05, 0.1) is 16.9 Å². The summed E-state index contributed by atoms with van der Waals surface area (Å²) in [6.45, 7) is 8.46. The number of benzene rings is 2. The van der Waals surface area contributed by atoms with E-state index in [1.807, 2.05) is 17.5 Å². The predicted octanol–water partition coefficient (Wildman–Crippen LogP) is 4.97. The highest BCUT2D eigenvalue weighted by molar-refractivity contribution is 5.86. The minimum Gasteiger partial charge on any atom is -0.299 e. The molecule has 3 heterocycles. The standard InChI is InChI=1S/C23H21N5/c1-14-6-5-7-15(2)21(14)28-12-17(4)25-22(28)19-11-20-18(10-16(19)3)13-27-9-8-24-23(27)26-20/h5-13H,1-4H3. The lowest BCUT2D eigenvalue weighted by Gasteiger charge is -2.15. The topological polar surface area (TPSA) is 48.0 Å². The molecule has 0 atom stereocenters. The van der Waals surface area contributed by atoms with Crippen molar-refractivity contribution >= 4 is 16.7 Å². The van der Waals surface area contributed by atoms with Gasteiger partial charge < -0.3 is 0 Å². The van der Waals surface area contributed by atoms with Crippen LogP contribution in [-0.2, 0) is 0 Å². The maximum absolute atomic E-state index is 4.87. The lowest BCUT2D eigenvalue weighted by Crippen LogP contribution is -2.02. The Labute approximate surface area is 163 Å². The number of aromatic nitrogens is 5. The summed E-state index contributed by atoms with van der Waals surface area (Å²) in [7, 11) is 0. The quantitative estimate of drug-likeness (QED) is 0.443. The molecule has 0 spiro atoms. The molecular weight excluding hydrogens is 346 g/mol. The fraction of sp³-hybridized carbons (Fsp3) is 0.174. The van der Waals surface area contributed by atoms with E-state index in [9.17, 15) is 0 Å². The summed E-state index contributed by atoms with van der Waals surface area (Å²) in [5.74, 6) is 1.65. The molecule has 0 radical (unpaired) electrons. The highest BCUT2D eigenvalue weighted by Crippen LogP contribution is 2.31. The second-order valence-electron chi connectivity index (χ2n) is 7.42. The van der Waals surface area contributed by atoms with Crippen molar-refractivity contribution in [3.63, 3.8) is 0 Å². The van der Waals surface area contributed by atoms with E-state index in [-0.39, 0.29) is 0 Å². The van der Waals surface area contributed by atoms with E-state index in [4.69, 9.17) is 9.97 Å². The van der Waals surface area contributed by atoms with Crippen molar-refractivity contribution in [2.75, 3.05) is 0 Å². The number of imidazole rings is 2. The Bertz CT molecular complexity index is 1340. The molecular formula is C23H21N5. The van der Waals surface area contributed by atoms with Crippen LogP contribution >= 0.6 is 0 Å². The maximum Gasteiger partial charge on any atom is 0.234 e. The summed E-state index contributed by atoms with van der Waals surface area (Å²) in [4.78, 5) is 13.9. The average Bonchev–Trinajstić information content (AvgIpc) is 3.25. The second kappa shape index (κ2) is 6.02. The van der Waals surface area contributed by atoms with Crippen LogP contribution in [0.5, 0.6) is 0 Å². The van der Waals surface area contributed by atoms with Crippen molar-refractivity contribution in [1.29, 1.82) is 0 Å². The Hall–Kier alpha value is -3.47. The molecule has 0 aliphatic heterocycles. The zero-order chi connectivity index (χ0) is 19.4. The van der Waals surface area contributed by atoms with Gasteiger partial charge in [-0.1, -0.05) is 18.2 Å². The summed E-state index contributed by atoms with van der Waals surface area (Å²) < 4.78 is 4.16. The largest absolute Gasteiger partial charge is 0.299 e. The van der Waals surface area contributed by atoms with Crippen LogP contribution in [-0.4, -0.2) is 23.9 Å². The molecule has 0 aliphatic carbocycles. The van der Waals surface area contributed by atoms with Crippen molar-refractivity contribution in [1.82, 2.24) is 23.9 Å².